The molecule has 2 rings (SSSR count). The first kappa shape index (κ1) is 13.7. The van der Waals surface area contributed by atoms with Gasteiger partial charge in [0.05, 0.1) is 11.4 Å². The van der Waals surface area contributed by atoms with Crippen molar-refractivity contribution in [3.8, 4) is 0 Å². The topological polar surface area (TPSA) is 50.7 Å². The van der Waals surface area contributed by atoms with Gasteiger partial charge in [-0.25, -0.2) is 0 Å². The van der Waals surface area contributed by atoms with Gasteiger partial charge in [0.25, 0.3) is 0 Å². The van der Waals surface area contributed by atoms with Crippen molar-refractivity contribution in [3.63, 3.8) is 0 Å². The molecule has 1 aromatic rings. The molecule has 2 N–H and O–H groups in total. The molecule has 0 bridgehead atoms. The van der Waals surface area contributed by atoms with E-state index in [9.17, 15) is 0 Å². The zero-order chi connectivity index (χ0) is 14.2. The summed E-state index contributed by atoms with van der Waals surface area (Å²) >= 11 is 0. The highest BCUT2D eigenvalue weighted by Crippen LogP contribution is 2.18. The van der Waals surface area contributed by atoms with Crippen molar-refractivity contribution in [3.05, 3.63) is 90.3 Å². The minimum Gasteiger partial charge on any atom is -0.402 e. The van der Waals surface area contributed by atoms with Crippen LogP contribution in [0.25, 0.3) is 0 Å². The SMILES string of the molecule is C=C1/C=C\C=C/C\C(N)=C/C=C1/N=N/c1ccccc1. The van der Waals surface area contributed by atoms with Crippen molar-refractivity contribution >= 4 is 5.69 Å². The molecule has 0 spiro atoms. The van der Waals surface area contributed by atoms with Gasteiger partial charge in [-0.1, -0.05) is 49.1 Å². The number of hydrogen-bond donors (Lipinski definition) is 1. The van der Waals surface area contributed by atoms with Crippen LogP contribution in [0.4, 0.5) is 5.69 Å². The lowest BCUT2D eigenvalue weighted by molar-refractivity contribution is 1.13. The molecular formula is C17H17N3. The van der Waals surface area contributed by atoms with Crippen LogP contribution in [-0.2, 0) is 0 Å². The molecule has 0 saturated carbocycles. The summed E-state index contributed by atoms with van der Waals surface area (Å²) in [5.74, 6) is 0. The maximum Gasteiger partial charge on any atom is 0.0924 e. The molecule has 1 aromatic carbocycles. The molecule has 0 fully saturated rings. The Bertz CT molecular complexity index is 617. The minimum atomic E-state index is 0.698. The lowest BCUT2D eigenvalue weighted by Crippen LogP contribution is -1.95. The molecule has 0 aromatic heterocycles. The van der Waals surface area contributed by atoms with Gasteiger partial charge in [0.2, 0.25) is 0 Å². The highest BCUT2D eigenvalue weighted by molar-refractivity contribution is 5.42. The van der Waals surface area contributed by atoms with Crippen LogP contribution in [0, 0.1) is 0 Å². The van der Waals surface area contributed by atoms with E-state index >= 15 is 0 Å². The quantitative estimate of drug-likeness (QED) is 0.781. The molecule has 1 aliphatic rings. The maximum absolute atomic E-state index is 5.88. The van der Waals surface area contributed by atoms with Crippen LogP contribution in [-0.4, -0.2) is 0 Å². The molecule has 0 saturated heterocycles. The van der Waals surface area contributed by atoms with E-state index in [1.807, 2.05) is 66.8 Å². The van der Waals surface area contributed by atoms with Crippen molar-refractivity contribution < 1.29 is 0 Å². The second kappa shape index (κ2) is 7.04. The molecular weight excluding hydrogens is 246 g/mol. The summed E-state index contributed by atoms with van der Waals surface area (Å²) in [5.41, 5.74) is 8.95. The third-order valence-corrected chi connectivity index (χ3v) is 2.71. The van der Waals surface area contributed by atoms with Gasteiger partial charge in [0.15, 0.2) is 0 Å². The minimum absolute atomic E-state index is 0.698. The number of hydrogen-bond acceptors (Lipinski definition) is 3. The Hall–Kier alpha value is -2.68. The van der Waals surface area contributed by atoms with Crippen LogP contribution < -0.4 is 5.73 Å². The van der Waals surface area contributed by atoms with Gasteiger partial charge in [-0.15, -0.1) is 5.11 Å². The van der Waals surface area contributed by atoms with Crippen molar-refractivity contribution in [2.24, 2.45) is 16.0 Å². The fourth-order valence-corrected chi connectivity index (χ4v) is 1.60. The predicted molar refractivity (Wildman–Crippen MR) is 83.3 cm³/mol. The molecule has 0 radical (unpaired) electrons. The molecule has 0 amide bonds. The van der Waals surface area contributed by atoms with Crippen LogP contribution in [0.5, 0.6) is 0 Å². The molecule has 20 heavy (non-hydrogen) atoms. The highest BCUT2D eigenvalue weighted by atomic mass is 15.1. The van der Waals surface area contributed by atoms with Crippen LogP contribution in [0.1, 0.15) is 6.42 Å². The van der Waals surface area contributed by atoms with Crippen LogP contribution in [0.3, 0.4) is 0 Å². The lowest BCUT2D eigenvalue weighted by Gasteiger charge is -2.01. The summed E-state index contributed by atoms with van der Waals surface area (Å²) in [4.78, 5) is 0. The molecule has 3 nitrogen and oxygen atoms in total. The Kier molecular flexibility index (Phi) is 4.84. The van der Waals surface area contributed by atoms with E-state index in [1.165, 1.54) is 0 Å². The second-order valence-corrected chi connectivity index (χ2v) is 4.35. The fourth-order valence-electron chi connectivity index (χ4n) is 1.60. The number of rotatable bonds is 2. The van der Waals surface area contributed by atoms with E-state index < -0.39 is 0 Å². The van der Waals surface area contributed by atoms with Gasteiger partial charge in [-0.3, -0.25) is 0 Å². The third-order valence-electron chi connectivity index (χ3n) is 2.71. The average Bonchev–Trinajstić information content (AvgIpc) is 2.47. The summed E-state index contributed by atoms with van der Waals surface area (Å²) in [6, 6.07) is 9.59. The largest absolute Gasteiger partial charge is 0.402 e. The molecule has 100 valence electrons. The molecule has 0 atom stereocenters. The summed E-state index contributed by atoms with van der Waals surface area (Å²) in [7, 11) is 0. The van der Waals surface area contributed by atoms with Crippen LogP contribution in [0.15, 0.2) is 101 Å². The van der Waals surface area contributed by atoms with E-state index in [-0.39, 0.29) is 0 Å². The lowest BCUT2D eigenvalue weighted by atomic mass is 10.1. The first-order valence-electron chi connectivity index (χ1n) is 6.41. The van der Waals surface area contributed by atoms with E-state index in [0.717, 1.165) is 23.4 Å². The van der Waals surface area contributed by atoms with Gasteiger partial charge in [-0.2, -0.15) is 5.11 Å². The van der Waals surface area contributed by atoms with Gasteiger partial charge >= 0.3 is 0 Å². The Morgan fingerprint density at radius 2 is 1.80 bits per heavy atom. The number of azo groups is 1. The zero-order valence-electron chi connectivity index (χ0n) is 11.2. The number of nitrogens with zero attached hydrogens (tertiary/aromatic N) is 2. The van der Waals surface area contributed by atoms with Gasteiger partial charge in [0.1, 0.15) is 0 Å². The van der Waals surface area contributed by atoms with Gasteiger partial charge in [-0.05, 0) is 29.9 Å². The standard InChI is InChI=1S/C17H17N3/c1-14-8-4-2-5-9-15(18)12-13-17(14)20-19-16-10-6-3-7-11-16/h2-8,10-13H,1,9,18H2/b5-2-,8-4-,15-12+,17-13+,20-19+. The summed E-state index contributed by atoms with van der Waals surface area (Å²) in [5, 5.41) is 8.46. The molecule has 0 unspecified atom stereocenters. The van der Waals surface area contributed by atoms with Crippen molar-refractivity contribution in [2.75, 3.05) is 0 Å². The smallest absolute Gasteiger partial charge is 0.0924 e. The monoisotopic (exact) mass is 263 g/mol. The molecule has 3 heteroatoms. The number of nitrogens with two attached hydrogens (primary N) is 1. The highest BCUT2D eigenvalue weighted by Gasteiger charge is 1.98. The average molecular weight is 263 g/mol. The van der Waals surface area contributed by atoms with Crippen molar-refractivity contribution in [2.45, 2.75) is 6.42 Å². The van der Waals surface area contributed by atoms with Crippen LogP contribution >= 0.6 is 0 Å². The van der Waals surface area contributed by atoms with E-state index in [0.29, 0.717) is 5.70 Å². The Morgan fingerprint density at radius 1 is 1.00 bits per heavy atom. The summed E-state index contributed by atoms with van der Waals surface area (Å²) in [6.07, 6.45) is 12.2. The summed E-state index contributed by atoms with van der Waals surface area (Å²) in [6.45, 7) is 3.99. The molecule has 1 aliphatic carbocycles. The van der Waals surface area contributed by atoms with Gasteiger partial charge in [0, 0.05) is 12.1 Å². The Morgan fingerprint density at radius 3 is 2.60 bits per heavy atom. The van der Waals surface area contributed by atoms with E-state index in [4.69, 9.17) is 5.73 Å². The number of allylic oxidation sites excluding steroid dienone is 6. The van der Waals surface area contributed by atoms with Gasteiger partial charge < -0.3 is 5.73 Å². The second-order valence-electron chi connectivity index (χ2n) is 4.35. The normalized spacial score (nSPS) is 24.5. The van der Waals surface area contributed by atoms with E-state index in [2.05, 4.69) is 16.8 Å². The third kappa shape index (κ3) is 4.21. The zero-order valence-corrected chi connectivity index (χ0v) is 11.2. The predicted octanol–water partition coefficient (Wildman–Crippen LogP) is 4.57. The molecule has 0 heterocycles. The Labute approximate surface area is 119 Å². The number of benzene rings is 1. The van der Waals surface area contributed by atoms with Crippen molar-refractivity contribution in [1.82, 2.24) is 0 Å². The van der Waals surface area contributed by atoms with Crippen LogP contribution in [0.2, 0.25) is 0 Å². The first-order chi connectivity index (χ1) is 9.75. The van der Waals surface area contributed by atoms with E-state index in [1.54, 1.807) is 0 Å². The Balaban J connectivity index is 2.26. The maximum atomic E-state index is 5.88. The van der Waals surface area contributed by atoms with Crippen molar-refractivity contribution in [1.29, 1.82) is 0 Å². The molecule has 0 aliphatic heterocycles. The fraction of sp³-hybridized carbons (Fsp3) is 0.0588. The summed E-state index contributed by atoms with van der Waals surface area (Å²) < 4.78 is 0. The first-order valence-corrected chi connectivity index (χ1v) is 6.41.